The van der Waals surface area contributed by atoms with Crippen LogP contribution in [0.4, 0.5) is 5.69 Å². The molecule has 0 saturated heterocycles. The minimum Gasteiger partial charge on any atom is -0.497 e. The summed E-state index contributed by atoms with van der Waals surface area (Å²) in [6.07, 6.45) is -0.0430. The topological polar surface area (TPSA) is 95.9 Å². The maximum atomic E-state index is 12.9. The molecule has 27 heavy (non-hydrogen) atoms. The van der Waals surface area contributed by atoms with Gasteiger partial charge in [-0.25, -0.2) is 0 Å². The third-order valence-corrected chi connectivity index (χ3v) is 3.97. The fourth-order valence-electron chi connectivity index (χ4n) is 2.33. The summed E-state index contributed by atoms with van der Waals surface area (Å²) >= 11 is 5.87. The lowest BCUT2D eigenvalue weighted by atomic mass is 10.1. The molecular weight excluding hydrogens is 372 g/mol. The van der Waals surface area contributed by atoms with Crippen molar-refractivity contribution >= 4 is 35.1 Å². The zero-order valence-electron chi connectivity index (χ0n) is 14.6. The second-order valence-electron chi connectivity index (χ2n) is 5.58. The number of amides is 2. The van der Waals surface area contributed by atoms with Gasteiger partial charge in [0.2, 0.25) is 5.91 Å². The number of hydrogen-bond donors (Lipinski definition) is 2. The lowest BCUT2D eigenvalue weighted by molar-refractivity contribution is -0.137. The summed E-state index contributed by atoms with van der Waals surface area (Å²) in [4.78, 5) is 36.7. The van der Waals surface area contributed by atoms with E-state index in [-0.39, 0.29) is 18.9 Å². The number of ether oxygens (including phenoxy) is 1. The first-order valence-electron chi connectivity index (χ1n) is 8.10. The number of rotatable bonds is 8. The number of anilines is 1. The van der Waals surface area contributed by atoms with Crippen molar-refractivity contribution in [1.29, 1.82) is 0 Å². The van der Waals surface area contributed by atoms with Crippen LogP contribution in [0.3, 0.4) is 0 Å². The molecule has 0 heterocycles. The summed E-state index contributed by atoms with van der Waals surface area (Å²) in [5, 5.41) is 11.4. The lowest BCUT2D eigenvalue weighted by Crippen LogP contribution is -2.36. The van der Waals surface area contributed by atoms with Crippen LogP contribution >= 0.6 is 11.6 Å². The van der Waals surface area contributed by atoms with Crippen molar-refractivity contribution in [3.63, 3.8) is 0 Å². The quantitative estimate of drug-likeness (QED) is 0.722. The summed E-state index contributed by atoms with van der Waals surface area (Å²) in [5.74, 6) is -1.26. The monoisotopic (exact) mass is 390 g/mol. The number of benzene rings is 2. The average Bonchev–Trinajstić information content (AvgIpc) is 2.67. The van der Waals surface area contributed by atoms with E-state index in [0.29, 0.717) is 22.0 Å². The zero-order valence-corrected chi connectivity index (χ0v) is 15.4. The van der Waals surface area contributed by atoms with Crippen LogP contribution in [0, 0.1) is 0 Å². The van der Waals surface area contributed by atoms with Crippen molar-refractivity contribution in [2.45, 2.75) is 6.42 Å². The van der Waals surface area contributed by atoms with Gasteiger partial charge in [-0.05, 0) is 48.5 Å². The van der Waals surface area contributed by atoms with Crippen LogP contribution in [0.5, 0.6) is 5.75 Å². The number of nitrogens with zero attached hydrogens (tertiary/aromatic N) is 1. The number of methoxy groups -OCH3 is 1. The van der Waals surface area contributed by atoms with Gasteiger partial charge in [0, 0.05) is 29.2 Å². The van der Waals surface area contributed by atoms with Crippen molar-refractivity contribution in [3.8, 4) is 5.75 Å². The molecule has 2 rings (SSSR count). The average molecular weight is 391 g/mol. The summed E-state index contributed by atoms with van der Waals surface area (Å²) in [7, 11) is 1.54. The van der Waals surface area contributed by atoms with Gasteiger partial charge in [0.05, 0.1) is 7.11 Å². The Morgan fingerprint density at radius 1 is 1.07 bits per heavy atom. The standard InChI is InChI=1S/C19H19ClN2O5/c1-27-16-8-6-15(7-9-16)22(11-10-17(23)21-12-18(24)25)19(26)13-2-4-14(20)5-3-13/h2-9H,10-12H2,1H3,(H,21,23)(H,24,25). The van der Waals surface area contributed by atoms with Gasteiger partial charge in [0.1, 0.15) is 12.3 Å². The van der Waals surface area contributed by atoms with E-state index in [2.05, 4.69) is 5.32 Å². The first-order chi connectivity index (χ1) is 12.9. The van der Waals surface area contributed by atoms with Gasteiger partial charge < -0.3 is 20.1 Å². The Morgan fingerprint density at radius 3 is 2.26 bits per heavy atom. The van der Waals surface area contributed by atoms with Crippen molar-refractivity contribution in [2.24, 2.45) is 0 Å². The Hall–Kier alpha value is -3.06. The van der Waals surface area contributed by atoms with E-state index in [1.54, 1.807) is 55.6 Å². The van der Waals surface area contributed by atoms with Gasteiger partial charge in [0.25, 0.3) is 5.91 Å². The Balaban J connectivity index is 2.19. The van der Waals surface area contributed by atoms with Gasteiger partial charge in [-0.1, -0.05) is 11.6 Å². The maximum absolute atomic E-state index is 12.9. The van der Waals surface area contributed by atoms with E-state index >= 15 is 0 Å². The third-order valence-electron chi connectivity index (χ3n) is 3.72. The first kappa shape index (κ1) is 20.3. The van der Waals surface area contributed by atoms with Gasteiger partial charge in [-0.2, -0.15) is 0 Å². The van der Waals surface area contributed by atoms with E-state index in [9.17, 15) is 14.4 Å². The van der Waals surface area contributed by atoms with Gasteiger partial charge >= 0.3 is 5.97 Å². The molecule has 0 saturated carbocycles. The normalized spacial score (nSPS) is 10.1. The lowest BCUT2D eigenvalue weighted by Gasteiger charge is -2.23. The number of carboxylic acids is 1. The largest absolute Gasteiger partial charge is 0.497 e. The molecule has 0 aliphatic heterocycles. The fourth-order valence-corrected chi connectivity index (χ4v) is 2.46. The van der Waals surface area contributed by atoms with E-state index in [4.69, 9.17) is 21.4 Å². The number of halogens is 1. The Bertz CT molecular complexity index is 806. The molecule has 0 bridgehead atoms. The molecule has 0 spiro atoms. The Kier molecular flexibility index (Phi) is 7.19. The molecule has 2 N–H and O–H groups in total. The highest BCUT2D eigenvalue weighted by atomic mass is 35.5. The van der Waals surface area contributed by atoms with Crippen LogP contribution in [0.15, 0.2) is 48.5 Å². The van der Waals surface area contributed by atoms with Crippen LogP contribution in [0.25, 0.3) is 0 Å². The number of nitrogens with one attached hydrogen (secondary N) is 1. The molecule has 7 nitrogen and oxygen atoms in total. The molecule has 2 amide bonds. The van der Waals surface area contributed by atoms with E-state index < -0.39 is 18.4 Å². The highest BCUT2D eigenvalue weighted by Crippen LogP contribution is 2.22. The second kappa shape index (κ2) is 9.59. The predicted octanol–water partition coefficient (Wildman–Crippen LogP) is 2.59. The molecule has 0 unspecified atom stereocenters. The molecule has 0 atom stereocenters. The van der Waals surface area contributed by atoms with Gasteiger partial charge in [-0.3, -0.25) is 14.4 Å². The number of carboxylic acid groups (broad SMARTS) is 1. The highest BCUT2D eigenvalue weighted by Gasteiger charge is 2.19. The number of carbonyl (C=O) groups is 3. The summed E-state index contributed by atoms with van der Waals surface area (Å²) in [6, 6.07) is 13.3. The molecule has 0 radical (unpaired) electrons. The summed E-state index contributed by atoms with van der Waals surface area (Å²) in [6.45, 7) is -0.383. The number of aliphatic carboxylic acids is 1. The number of hydrogen-bond acceptors (Lipinski definition) is 4. The molecule has 0 aliphatic rings. The smallest absolute Gasteiger partial charge is 0.322 e. The van der Waals surface area contributed by atoms with E-state index in [1.807, 2.05) is 0 Å². The van der Waals surface area contributed by atoms with Crippen LogP contribution in [0.2, 0.25) is 5.02 Å². The first-order valence-corrected chi connectivity index (χ1v) is 8.48. The fraction of sp³-hybridized carbons (Fsp3) is 0.211. The third kappa shape index (κ3) is 6.00. The molecule has 8 heteroatoms. The highest BCUT2D eigenvalue weighted by molar-refractivity contribution is 6.30. The molecule has 142 valence electrons. The van der Waals surface area contributed by atoms with E-state index in [0.717, 1.165) is 0 Å². The van der Waals surface area contributed by atoms with E-state index in [1.165, 1.54) is 4.90 Å². The Morgan fingerprint density at radius 2 is 1.70 bits per heavy atom. The second-order valence-corrected chi connectivity index (χ2v) is 6.02. The van der Waals surface area contributed by atoms with Crippen molar-refractivity contribution in [3.05, 3.63) is 59.1 Å². The molecular formula is C19H19ClN2O5. The molecule has 0 aliphatic carbocycles. The van der Waals surface area contributed by atoms with Crippen molar-refractivity contribution < 1.29 is 24.2 Å². The molecule has 2 aromatic rings. The minimum atomic E-state index is -1.13. The minimum absolute atomic E-state index is 0.0430. The van der Waals surface area contributed by atoms with Crippen LogP contribution in [0.1, 0.15) is 16.8 Å². The zero-order chi connectivity index (χ0) is 19.8. The van der Waals surface area contributed by atoms with Gasteiger partial charge in [-0.15, -0.1) is 0 Å². The molecule has 2 aromatic carbocycles. The van der Waals surface area contributed by atoms with Gasteiger partial charge in [0.15, 0.2) is 0 Å². The van der Waals surface area contributed by atoms with Crippen LogP contribution in [-0.2, 0) is 9.59 Å². The predicted molar refractivity (Wildman–Crippen MR) is 101 cm³/mol. The number of carbonyl (C=O) groups excluding carboxylic acids is 2. The van der Waals surface area contributed by atoms with Crippen molar-refractivity contribution in [2.75, 3.05) is 25.1 Å². The van der Waals surface area contributed by atoms with Crippen LogP contribution < -0.4 is 15.0 Å². The summed E-state index contributed by atoms with van der Waals surface area (Å²) < 4.78 is 5.12. The molecule has 0 aromatic heterocycles. The maximum Gasteiger partial charge on any atom is 0.322 e. The SMILES string of the molecule is COc1ccc(N(CCC(=O)NCC(=O)O)C(=O)c2ccc(Cl)cc2)cc1. The molecule has 0 fully saturated rings. The van der Waals surface area contributed by atoms with Crippen molar-refractivity contribution in [1.82, 2.24) is 5.32 Å². The Labute approximate surface area is 161 Å². The van der Waals surface area contributed by atoms with Crippen LogP contribution in [-0.4, -0.2) is 43.1 Å². The summed E-state index contributed by atoms with van der Waals surface area (Å²) in [5.41, 5.74) is 1.00.